The molecule has 0 fully saturated rings. The summed E-state index contributed by atoms with van der Waals surface area (Å²) in [5.74, 6) is -1.25. The lowest BCUT2D eigenvalue weighted by atomic mass is 10.2. The Hall–Kier alpha value is -0.830. The van der Waals surface area contributed by atoms with Gasteiger partial charge in [0.2, 0.25) is 0 Å². The van der Waals surface area contributed by atoms with Crippen LogP contribution in [0.3, 0.4) is 0 Å². The molecule has 0 aliphatic heterocycles. The maximum atomic E-state index is 10.1. The van der Waals surface area contributed by atoms with Crippen LogP contribution in [-0.2, 0) is 9.53 Å². The quantitative estimate of drug-likeness (QED) is 0.508. The Labute approximate surface area is 60.3 Å². The van der Waals surface area contributed by atoms with Gasteiger partial charge in [0.15, 0.2) is 0 Å². The monoisotopic (exact) mass is 143 g/mol. The van der Waals surface area contributed by atoms with Gasteiger partial charge in [-0.1, -0.05) is 6.58 Å². The summed E-state index contributed by atoms with van der Waals surface area (Å²) in [5, 5.41) is 10.1. The third kappa shape index (κ3) is 2.64. The number of carboxylic acids is 1. The van der Waals surface area contributed by atoms with Crippen LogP contribution in [0.2, 0.25) is 0 Å². The van der Waals surface area contributed by atoms with Crippen molar-refractivity contribution < 1.29 is 14.6 Å². The molecule has 10 heavy (non-hydrogen) atoms. The van der Waals surface area contributed by atoms with Crippen LogP contribution < -0.4 is 5.11 Å². The number of hydrogen-bond acceptors (Lipinski definition) is 3. The highest BCUT2D eigenvalue weighted by Crippen LogP contribution is 2.01. The van der Waals surface area contributed by atoms with Gasteiger partial charge in [-0.05, 0) is 19.4 Å². The number of carbonyl (C=O) groups is 1. The molecule has 0 aromatic carbocycles. The van der Waals surface area contributed by atoms with E-state index in [1.165, 1.54) is 0 Å². The topological polar surface area (TPSA) is 49.4 Å². The molecule has 0 saturated carbocycles. The van der Waals surface area contributed by atoms with Gasteiger partial charge in [-0.25, -0.2) is 0 Å². The fourth-order valence-electron chi connectivity index (χ4n) is 0.517. The molecule has 3 heteroatoms. The van der Waals surface area contributed by atoms with E-state index in [1.54, 1.807) is 13.8 Å². The van der Waals surface area contributed by atoms with E-state index in [1.807, 2.05) is 0 Å². The Morgan fingerprint density at radius 1 is 1.80 bits per heavy atom. The smallest absolute Gasteiger partial charge is 0.0808 e. The number of carbonyl (C=O) groups excluding carboxylic acids is 1. The lowest BCUT2D eigenvalue weighted by molar-refractivity contribution is -0.300. The first kappa shape index (κ1) is 9.17. The summed E-state index contributed by atoms with van der Waals surface area (Å²) in [6.07, 6.45) is -0.449. The Balaban J connectivity index is 3.82. The second-order valence-corrected chi connectivity index (χ2v) is 1.91. The molecule has 0 aliphatic rings. The molecule has 0 bridgehead atoms. The van der Waals surface area contributed by atoms with Crippen LogP contribution in [0, 0.1) is 0 Å². The van der Waals surface area contributed by atoms with Crippen molar-refractivity contribution in [3.8, 4) is 0 Å². The van der Waals surface area contributed by atoms with E-state index >= 15 is 0 Å². The van der Waals surface area contributed by atoms with Crippen molar-refractivity contribution in [2.45, 2.75) is 20.0 Å². The summed E-state index contributed by atoms with van der Waals surface area (Å²) in [6, 6.07) is 0. The molecule has 1 unspecified atom stereocenters. The number of rotatable bonds is 4. The predicted octanol–water partition coefficient (Wildman–Crippen LogP) is -0.283. The van der Waals surface area contributed by atoms with Crippen LogP contribution in [0.5, 0.6) is 0 Å². The van der Waals surface area contributed by atoms with E-state index in [0.29, 0.717) is 6.61 Å². The Morgan fingerprint density at radius 2 is 2.30 bits per heavy atom. The van der Waals surface area contributed by atoms with E-state index < -0.39 is 12.1 Å². The van der Waals surface area contributed by atoms with E-state index in [9.17, 15) is 9.90 Å². The van der Waals surface area contributed by atoms with Crippen molar-refractivity contribution >= 4 is 5.97 Å². The van der Waals surface area contributed by atoms with Crippen molar-refractivity contribution in [2.24, 2.45) is 0 Å². The summed E-state index contributed by atoms with van der Waals surface area (Å²) in [4.78, 5) is 10.1. The normalized spacial score (nSPS) is 12.6. The van der Waals surface area contributed by atoms with Gasteiger partial charge in [-0.15, -0.1) is 0 Å². The highest BCUT2D eigenvalue weighted by molar-refractivity contribution is 5.84. The summed E-state index contributed by atoms with van der Waals surface area (Å²) < 4.78 is 4.94. The van der Waals surface area contributed by atoms with Gasteiger partial charge < -0.3 is 14.6 Å². The molecule has 0 aromatic heterocycles. The van der Waals surface area contributed by atoms with Crippen LogP contribution in [0.4, 0.5) is 0 Å². The fraction of sp³-hybridized carbons (Fsp3) is 0.571. The fourth-order valence-corrected chi connectivity index (χ4v) is 0.517. The molecule has 0 saturated heterocycles. The Bertz CT molecular complexity index is 140. The van der Waals surface area contributed by atoms with Crippen molar-refractivity contribution in [3.05, 3.63) is 12.2 Å². The predicted molar refractivity (Wildman–Crippen MR) is 35.2 cm³/mol. The van der Waals surface area contributed by atoms with E-state index in [-0.39, 0.29) is 5.57 Å². The number of aliphatic carboxylic acids is 1. The van der Waals surface area contributed by atoms with Crippen LogP contribution in [-0.4, -0.2) is 18.7 Å². The van der Waals surface area contributed by atoms with Crippen LogP contribution in [0.25, 0.3) is 0 Å². The highest BCUT2D eigenvalue weighted by atomic mass is 16.5. The van der Waals surface area contributed by atoms with E-state index in [4.69, 9.17) is 4.74 Å². The zero-order valence-corrected chi connectivity index (χ0v) is 6.22. The summed E-state index contributed by atoms with van der Waals surface area (Å²) in [6.45, 7) is 7.18. The molecule has 58 valence electrons. The lowest BCUT2D eigenvalue weighted by Gasteiger charge is -2.14. The zero-order chi connectivity index (χ0) is 8.15. The van der Waals surface area contributed by atoms with Crippen LogP contribution in [0.15, 0.2) is 12.2 Å². The molecule has 0 heterocycles. The van der Waals surface area contributed by atoms with Gasteiger partial charge in [-0.3, -0.25) is 0 Å². The largest absolute Gasteiger partial charge is 0.545 e. The zero-order valence-electron chi connectivity index (χ0n) is 6.22. The lowest BCUT2D eigenvalue weighted by Crippen LogP contribution is -2.30. The molecule has 1 atom stereocenters. The first-order valence-electron chi connectivity index (χ1n) is 3.11. The minimum atomic E-state index is -1.25. The number of carboxylic acid groups (broad SMARTS) is 1. The molecular weight excluding hydrogens is 132 g/mol. The van der Waals surface area contributed by atoms with Crippen LogP contribution >= 0.6 is 0 Å². The first-order chi connectivity index (χ1) is 4.59. The molecule has 0 rings (SSSR count). The summed E-state index contributed by atoms with van der Waals surface area (Å²) >= 11 is 0. The Morgan fingerprint density at radius 3 is 2.60 bits per heavy atom. The maximum absolute atomic E-state index is 10.1. The molecule has 0 N–H and O–H groups in total. The van der Waals surface area contributed by atoms with Gasteiger partial charge in [-0.2, -0.15) is 0 Å². The van der Waals surface area contributed by atoms with Gasteiger partial charge >= 0.3 is 0 Å². The minimum absolute atomic E-state index is 0.0122. The van der Waals surface area contributed by atoms with Gasteiger partial charge in [0, 0.05) is 6.61 Å². The molecule has 3 nitrogen and oxygen atoms in total. The standard InChI is InChI=1S/C7H12O3/c1-4-10-6(3)5(2)7(8)9/h6H,2,4H2,1,3H3,(H,8,9)/p-1. The number of hydrogen-bond donors (Lipinski definition) is 0. The molecular formula is C7H11O3-. The molecule has 0 aromatic rings. The summed E-state index contributed by atoms with van der Waals surface area (Å²) in [5.41, 5.74) is -0.0122. The van der Waals surface area contributed by atoms with Crippen molar-refractivity contribution in [1.29, 1.82) is 0 Å². The minimum Gasteiger partial charge on any atom is -0.545 e. The SMILES string of the molecule is C=C(C(=O)[O-])C(C)OCC. The maximum Gasteiger partial charge on any atom is 0.0808 e. The average Bonchev–Trinajstić information content (AvgIpc) is 1.87. The van der Waals surface area contributed by atoms with Gasteiger partial charge in [0.1, 0.15) is 0 Å². The third-order valence-corrected chi connectivity index (χ3v) is 1.17. The molecule has 0 spiro atoms. The highest BCUT2D eigenvalue weighted by Gasteiger charge is 2.05. The van der Waals surface area contributed by atoms with Gasteiger partial charge in [0.25, 0.3) is 0 Å². The van der Waals surface area contributed by atoms with E-state index in [2.05, 4.69) is 6.58 Å². The van der Waals surface area contributed by atoms with Crippen molar-refractivity contribution in [1.82, 2.24) is 0 Å². The van der Waals surface area contributed by atoms with Gasteiger partial charge in [0.05, 0.1) is 12.1 Å². The third-order valence-electron chi connectivity index (χ3n) is 1.17. The van der Waals surface area contributed by atoms with Crippen molar-refractivity contribution in [3.63, 3.8) is 0 Å². The van der Waals surface area contributed by atoms with Crippen LogP contribution in [0.1, 0.15) is 13.8 Å². The molecule has 0 amide bonds. The average molecular weight is 143 g/mol. The molecule has 0 radical (unpaired) electrons. The second-order valence-electron chi connectivity index (χ2n) is 1.91. The first-order valence-corrected chi connectivity index (χ1v) is 3.11. The summed E-state index contributed by atoms with van der Waals surface area (Å²) in [7, 11) is 0. The molecule has 0 aliphatic carbocycles. The number of ether oxygens (including phenoxy) is 1. The Kier molecular flexibility index (Phi) is 3.72. The van der Waals surface area contributed by atoms with Crippen molar-refractivity contribution in [2.75, 3.05) is 6.61 Å². The second kappa shape index (κ2) is 4.06. The van der Waals surface area contributed by atoms with E-state index in [0.717, 1.165) is 0 Å².